The summed E-state index contributed by atoms with van der Waals surface area (Å²) in [5.74, 6) is 0. The molecule has 0 saturated carbocycles. The third-order valence-electron chi connectivity index (χ3n) is 3.76. The smallest absolute Gasteiger partial charge is 0.0602 e. The molecule has 1 atom stereocenters. The number of benzene rings is 2. The van der Waals surface area contributed by atoms with Crippen molar-refractivity contribution in [1.82, 2.24) is 4.90 Å². The number of nitrogens with two attached hydrogens (primary N) is 1. The van der Waals surface area contributed by atoms with Gasteiger partial charge in [-0.2, -0.15) is 0 Å². The standard InChI is InChI=1S/C18H24N2/c1-14-9-10-17(15(2)13-14)18(20(3)12-11-19)16-7-5-4-6-8-16/h4-10,13,18H,11-12,19H2,1-3H3. The van der Waals surface area contributed by atoms with Gasteiger partial charge in [-0.15, -0.1) is 0 Å². The van der Waals surface area contributed by atoms with Crippen molar-refractivity contribution >= 4 is 0 Å². The zero-order valence-corrected chi connectivity index (χ0v) is 12.6. The fourth-order valence-electron chi connectivity index (χ4n) is 2.77. The molecule has 0 aliphatic rings. The average Bonchev–Trinajstić information content (AvgIpc) is 2.43. The predicted molar refractivity (Wildman–Crippen MR) is 85.9 cm³/mol. The Hall–Kier alpha value is -1.64. The van der Waals surface area contributed by atoms with E-state index in [9.17, 15) is 0 Å². The summed E-state index contributed by atoms with van der Waals surface area (Å²) in [7, 11) is 2.14. The second-order valence-corrected chi connectivity index (χ2v) is 5.44. The molecule has 0 aliphatic heterocycles. The van der Waals surface area contributed by atoms with E-state index >= 15 is 0 Å². The monoisotopic (exact) mass is 268 g/mol. The lowest BCUT2D eigenvalue weighted by Gasteiger charge is -2.30. The van der Waals surface area contributed by atoms with Crippen molar-refractivity contribution in [2.24, 2.45) is 5.73 Å². The molecule has 0 aromatic heterocycles. The van der Waals surface area contributed by atoms with Crippen LogP contribution in [0.4, 0.5) is 0 Å². The lowest BCUT2D eigenvalue weighted by molar-refractivity contribution is 0.286. The van der Waals surface area contributed by atoms with E-state index in [4.69, 9.17) is 5.73 Å². The second kappa shape index (κ2) is 6.69. The average molecular weight is 268 g/mol. The molecule has 0 fully saturated rings. The van der Waals surface area contributed by atoms with Gasteiger partial charge < -0.3 is 5.73 Å². The van der Waals surface area contributed by atoms with Gasteiger partial charge in [0.25, 0.3) is 0 Å². The second-order valence-electron chi connectivity index (χ2n) is 5.44. The van der Waals surface area contributed by atoms with Gasteiger partial charge in [0.2, 0.25) is 0 Å². The van der Waals surface area contributed by atoms with Gasteiger partial charge in [0.1, 0.15) is 0 Å². The van der Waals surface area contributed by atoms with Crippen LogP contribution in [-0.2, 0) is 0 Å². The lowest BCUT2D eigenvalue weighted by atomic mass is 9.93. The fourth-order valence-corrected chi connectivity index (χ4v) is 2.77. The normalized spacial score (nSPS) is 12.7. The van der Waals surface area contributed by atoms with E-state index in [1.165, 1.54) is 22.3 Å². The third-order valence-corrected chi connectivity index (χ3v) is 3.76. The highest BCUT2D eigenvalue weighted by atomic mass is 15.1. The highest BCUT2D eigenvalue weighted by Gasteiger charge is 2.20. The molecule has 0 amide bonds. The van der Waals surface area contributed by atoms with E-state index in [0.29, 0.717) is 6.54 Å². The molecule has 0 heterocycles. The Morgan fingerprint density at radius 2 is 1.75 bits per heavy atom. The summed E-state index contributed by atoms with van der Waals surface area (Å²) >= 11 is 0. The summed E-state index contributed by atoms with van der Waals surface area (Å²) in [6.07, 6.45) is 0. The van der Waals surface area contributed by atoms with Gasteiger partial charge in [0.05, 0.1) is 6.04 Å². The molecule has 0 aliphatic carbocycles. The van der Waals surface area contributed by atoms with Crippen LogP contribution in [0.5, 0.6) is 0 Å². The van der Waals surface area contributed by atoms with Gasteiger partial charge in [0.15, 0.2) is 0 Å². The molecule has 2 aromatic rings. The molecule has 0 saturated heterocycles. The van der Waals surface area contributed by atoms with E-state index in [-0.39, 0.29) is 6.04 Å². The fraction of sp³-hybridized carbons (Fsp3) is 0.333. The molecular weight excluding hydrogens is 244 g/mol. The maximum atomic E-state index is 5.74. The van der Waals surface area contributed by atoms with Crippen LogP contribution in [0.1, 0.15) is 28.3 Å². The van der Waals surface area contributed by atoms with Crippen molar-refractivity contribution in [3.05, 3.63) is 70.8 Å². The van der Waals surface area contributed by atoms with Crippen LogP contribution in [0.25, 0.3) is 0 Å². The molecular formula is C18H24N2. The largest absolute Gasteiger partial charge is 0.329 e. The summed E-state index contributed by atoms with van der Waals surface area (Å²) in [5.41, 5.74) is 11.1. The molecule has 2 nitrogen and oxygen atoms in total. The van der Waals surface area contributed by atoms with E-state index < -0.39 is 0 Å². The molecule has 1 unspecified atom stereocenters. The minimum absolute atomic E-state index is 0.264. The van der Waals surface area contributed by atoms with Gasteiger partial charge in [-0.05, 0) is 37.6 Å². The van der Waals surface area contributed by atoms with Crippen LogP contribution in [0, 0.1) is 13.8 Å². The van der Waals surface area contributed by atoms with E-state index in [1.807, 2.05) is 0 Å². The lowest BCUT2D eigenvalue weighted by Crippen LogP contribution is -2.31. The Kier molecular flexibility index (Phi) is 4.94. The van der Waals surface area contributed by atoms with Crippen molar-refractivity contribution in [3.8, 4) is 0 Å². The van der Waals surface area contributed by atoms with Crippen molar-refractivity contribution in [1.29, 1.82) is 0 Å². The number of likely N-dealkylation sites (N-methyl/N-ethyl adjacent to an activating group) is 1. The van der Waals surface area contributed by atoms with Crippen LogP contribution in [0.15, 0.2) is 48.5 Å². The van der Waals surface area contributed by atoms with Gasteiger partial charge in [-0.3, -0.25) is 4.90 Å². The van der Waals surface area contributed by atoms with Crippen molar-refractivity contribution in [2.75, 3.05) is 20.1 Å². The van der Waals surface area contributed by atoms with Crippen LogP contribution >= 0.6 is 0 Å². The first-order valence-corrected chi connectivity index (χ1v) is 7.16. The SMILES string of the molecule is Cc1ccc(C(c2ccccc2)N(C)CCN)c(C)c1. The van der Waals surface area contributed by atoms with E-state index in [2.05, 4.69) is 74.3 Å². The van der Waals surface area contributed by atoms with Crippen LogP contribution in [0.3, 0.4) is 0 Å². The molecule has 2 N–H and O–H groups in total. The van der Waals surface area contributed by atoms with Gasteiger partial charge in [-0.25, -0.2) is 0 Å². The first-order chi connectivity index (χ1) is 9.63. The molecule has 2 rings (SSSR count). The van der Waals surface area contributed by atoms with Gasteiger partial charge in [-0.1, -0.05) is 54.1 Å². The number of aryl methyl sites for hydroxylation is 2. The maximum Gasteiger partial charge on any atom is 0.0602 e. The summed E-state index contributed by atoms with van der Waals surface area (Å²) in [5, 5.41) is 0. The molecule has 0 radical (unpaired) electrons. The van der Waals surface area contributed by atoms with Gasteiger partial charge >= 0.3 is 0 Å². The van der Waals surface area contributed by atoms with E-state index in [0.717, 1.165) is 6.54 Å². The number of nitrogens with zero attached hydrogens (tertiary/aromatic N) is 1. The molecule has 2 heteroatoms. The summed E-state index contributed by atoms with van der Waals surface area (Å²) < 4.78 is 0. The number of hydrogen-bond donors (Lipinski definition) is 1. The highest BCUT2D eigenvalue weighted by Crippen LogP contribution is 2.30. The molecule has 0 spiro atoms. The first kappa shape index (κ1) is 14.8. The summed E-state index contributed by atoms with van der Waals surface area (Å²) in [6.45, 7) is 5.88. The molecule has 0 bridgehead atoms. The Labute approximate surface area is 122 Å². The quantitative estimate of drug-likeness (QED) is 0.901. The molecule has 106 valence electrons. The predicted octanol–water partition coefficient (Wildman–Crippen LogP) is 3.28. The zero-order valence-electron chi connectivity index (χ0n) is 12.6. The minimum atomic E-state index is 0.264. The van der Waals surface area contributed by atoms with Crippen molar-refractivity contribution < 1.29 is 0 Å². The Bertz CT molecular complexity index is 549. The summed E-state index contributed by atoms with van der Waals surface area (Å²) in [6, 6.07) is 17.6. The first-order valence-electron chi connectivity index (χ1n) is 7.16. The number of rotatable bonds is 5. The Morgan fingerprint density at radius 3 is 2.35 bits per heavy atom. The molecule has 2 aromatic carbocycles. The van der Waals surface area contributed by atoms with Crippen LogP contribution in [-0.4, -0.2) is 25.0 Å². The molecule has 20 heavy (non-hydrogen) atoms. The zero-order chi connectivity index (χ0) is 14.5. The topological polar surface area (TPSA) is 29.3 Å². The Morgan fingerprint density at radius 1 is 1.05 bits per heavy atom. The van der Waals surface area contributed by atoms with Crippen LogP contribution < -0.4 is 5.73 Å². The van der Waals surface area contributed by atoms with Crippen molar-refractivity contribution in [2.45, 2.75) is 19.9 Å². The van der Waals surface area contributed by atoms with Crippen LogP contribution in [0.2, 0.25) is 0 Å². The third kappa shape index (κ3) is 3.27. The minimum Gasteiger partial charge on any atom is -0.329 e. The van der Waals surface area contributed by atoms with Crippen molar-refractivity contribution in [3.63, 3.8) is 0 Å². The van der Waals surface area contributed by atoms with E-state index in [1.54, 1.807) is 0 Å². The highest BCUT2D eigenvalue weighted by molar-refractivity contribution is 5.38. The number of hydrogen-bond acceptors (Lipinski definition) is 2. The Balaban J connectivity index is 2.46. The maximum absolute atomic E-state index is 5.74. The summed E-state index contributed by atoms with van der Waals surface area (Å²) in [4.78, 5) is 2.33. The van der Waals surface area contributed by atoms with Gasteiger partial charge in [0, 0.05) is 13.1 Å².